The van der Waals surface area contributed by atoms with Crippen molar-refractivity contribution in [1.82, 2.24) is 0 Å². The van der Waals surface area contributed by atoms with Crippen LogP contribution in [-0.4, -0.2) is 18.6 Å². The average Bonchev–Trinajstić information content (AvgIpc) is 2.25. The Morgan fingerprint density at radius 2 is 1.45 bits per heavy atom. The number of benzene rings is 2. The van der Waals surface area contributed by atoms with Crippen molar-refractivity contribution in [1.29, 1.82) is 0 Å². The molecule has 0 unspecified atom stereocenters. The molecular weight excluding hydrogens is 276 g/mol. The Morgan fingerprint density at radius 3 is 2.00 bits per heavy atom. The quantitative estimate of drug-likeness (QED) is 0.892. The third-order valence-corrected chi connectivity index (χ3v) is 5.27. The Kier molecular flexibility index (Phi) is 3.48. The number of aryl methyl sites for hydroxylation is 3. The fourth-order valence-corrected chi connectivity index (χ4v) is 4.23. The van der Waals surface area contributed by atoms with Crippen LogP contribution in [0.2, 0.25) is 0 Å². The summed E-state index contributed by atoms with van der Waals surface area (Å²) in [5, 5.41) is 19.9. The summed E-state index contributed by atoms with van der Waals surface area (Å²) in [4.78, 5) is -0.324. The van der Waals surface area contributed by atoms with Crippen molar-refractivity contribution in [3.63, 3.8) is 0 Å². The summed E-state index contributed by atoms with van der Waals surface area (Å²) in [7, 11) is -3.98. The Balaban J connectivity index is 2.81. The number of rotatable bonds is 2. The Bertz CT molecular complexity index is 733. The highest BCUT2D eigenvalue weighted by Gasteiger charge is 2.28. The van der Waals surface area contributed by atoms with Crippen LogP contribution in [0.4, 0.5) is 0 Å². The standard InChI is InChI=1S/C15H16O4S/c1-9-7-11(3)15(13(17)8-9)20(18,19)14-10(2)5-4-6-12(14)16/h4-8,16-17H,1-3H3. The lowest BCUT2D eigenvalue weighted by Crippen LogP contribution is -2.07. The first kappa shape index (κ1) is 14.4. The van der Waals surface area contributed by atoms with E-state index in [1.54, 1.807) is 39.0 Å². The fraction of sp³-hybridized carbons (Fsp3) is 0.200. The van der Waals surface area contributed by atoms with Crippen LogP contribution in [0.5, 0.6) is 11.5 Å². The van der Waals surface area contributed by atoms with Gasteiger partial charge in [0.15, 0.2) is 0 Å². The Morgan fingerprint density at radius 1 is 0.850 bits per heavy atom. The SMILES string of the molecule is Cc1cc(C)c(S(=O)(=O)c2c(C)cccc2O)c(O)c1. The molecule has 0 bridgehead atoms. The highest BCUT2D eigenvalue weighted by Crippen LogP contribution is 2.37. The van der Waals surface area contributed by atoms with E-state index in [4.69, 9.17) is 0 Å². The van der Waals surface area contributed by atoms with Gasteiger partial charge in [-0.3, -0.25) is 0 Å². The summed E-state index contributed by atoms with van der Waals surface area (Å²) in [6.45, 7) is 5.00. The maximum absolute atomic E-state index is 12.7. The van der Waals surface area contributed by atoms with Gasteiger partial charge in [0.2, 0.25) is 9.84 Å². The highest BCUT2D eigenvalue weighted by molar-refractivity contribution is 7.91. The second-order valence-corrected chi connectivity index (χ2v) is 6.68. The van der Waals surface area contributed by atoms with Crippen molar-refractivity contribution < 1.29 is 18.6 Å². The lowest BCUT2D eigenvalue weighted by molar-refractivity contribution is 0.451. The molecular formula is C15H16O4S. The summed E-state index contributed by atoms with van der Waals surface area (Å²) < 4.78 is 25.4. The zero-order valence-corrected chi connectivity index (χ0v) is 12.3. The third-order valence-electron chi connectivity index (χ3n) is 3.13. The van der Waals surface area contributed by atoms with E-state index >= 15 is 0 Å². The maximum Gasteiger partial charge on any atom is 0.214 e. The molecule has 0 amide bonds. The zero-order chi connectivity index (χ0) is 15.1. The average molecular weight is 292 g/mol. The molecule has 0 saturated heterocycles. The van der Waals surface area contributed by atoms with Gasteiger partial charge >= 0.3 is 0 Å². The molecule has 4 nitrogen and oxygen atoms in total. The second-order valence-electron chi connectivity index (χ2n) is 4.86. The van der Waals surface area contributed by atoms with Crippen molar-refractivity contribution >= 4 is 9.84 Å². The normalized spacial score (nSPS) is 11.6. The first-order valence-electron chi connectivity index (χ1n) is 6.09. The first-order valence-corrected chi connectivity index (χ1v) is 7.57. The van der Waals surface area contributed by atoms with Crippen LogP contribution >= 0.6 is 0 Å². The number of sulfone groups is 1. The summed E-state index contributed by atoms with van der Waals surface area (Å²) >= 11 is 0. The number of hydrogen-bond donors (Lipinski definition) is 2. The van der Waals surface area contributed by atoms with Crippen LogP contribution in [0, 0.1) is 20.8 Å². The molecule has 2 aromatic carbocycles. The van der Waals surface area contributed by atoms with Crippen LogP contribution in [-0.2, 0) is 9.84 Å². The van der Waals surface area contributed by atoms with Crippen molar-refractivity contribution in [3.05, 3.63) is 47.0 Å². The fourth-order valence-electron chi connectivity index (χ4n) is 2.37. The minimum absolute atomic E-state index is 0.160. The third kappa shape index (κ3) is 2.25. The number of phenols is 2. The lowest BCUT2D eigenvalue weighted by Gasteiger charge is -2.13. The smallest absolute Gasteiger partial charge is 0.214 e. The second kappa shape index (κ2) is 4.83. The van der Waals surface area contributed by atoms with Gasteiger partial charge in [-0.15, -0.1) is 0 Å². The van der Waals surface area contributed by atoms with Crippen LogP contribution < -0.4 is 0 Å². The number of aromatic hydroxyl groups is 2. The van der Waals surface area contributed by atoms with E-state index in [9.17, 15) is 18.6 Å². The van der Waals surface area contributed by atoms with Gasteiger partial charge < -0.3 is 10.2 Å². The summed E-state index contributed by atoms with van der Waals surface area (Å²) in [6.07, 6.45) is 0. The molecule has 0 radical (unpaired) electrons. The van der Waals surface area contributed by atoms with Gasteiger partial charge in [0.05, 0.1) is 0 Å². The van der Waals surface area contributed by atoms with Crippen LogP contribution in [0.15, 0.2) is 40.1 Å². The van der Waals surface area contributed by atoms with Crippen molar-refractivity contribution in [3.8, 4) is 11.5 Å². The molecule has 5 heteroatoms. The van der Waals surface area contributed by atoms with E-state index in [2.05, 4.69) is 0 Å². The molecule has 0 spiro atoms. The monoisotopic (exact) mass is 292 g/mol. The summed E-state index contributed by atoms with van der Waals surface area (Å²) in [5.41, 5.74) is 1.66. The van der Waals surface area contributed by atoms with E-state index < -0.39 is 9.84 Å². The molecule has 0 atom stereocenters. The largest absolute Gasteiger partial charge is 0.507 e. The number of phenolic OH excluding ortho intramolecular Hbond substituents is 2. The van der Waals surface area contributed by atoms with Gasteiger partial charge in [-0.05, 0) is 49.6 Å². The van der Waals surface area contributed by atoms with E-state index in [1.807, 2.05) is 0 Å². The molecule has 0 aliphatic rings. The van der Waals surface area contributed by atoms with Crippen molar-refractivity contribution in [2.24, 2.45) is 0 Å². The first-order chi connectivity index (χ1) is 9.25. The van der Waals surface area contributed by atoms with E-state index in [1.165, 1.54) is 12.1 Å². The van der Waals surface area contributed by atoms with Gasteiger partial charge in [0, 0.05) is 0 Å². The molecule has 2 rings (SSSR count). The summed E-state index contributed by atoms with van der Waals surface area (Å²) in [6, 6.07) is 7.58. The topological polar surface area (TPSA) is 74.6 Å². The van der Waals surface area contributed by atoms with Crippen molar-refractivity contribution in [2.75, 3.05) is 0 Å². The molecule has 106 valence electrons. The van der Waals surface area contributed by atoms with Gasteiger partial charge in [0.1, 0.15) is 21.3 Å². The van der Waals surface area contributed by atoms with Gasteiger partial charge in [-0.1, -0.05) is 18.2 Å². The lowest BCUT2D eigenvalue weighted by atomic mass is 10.1. The molecule has 2 N–H and O–H groups in total. The molecule has 0 fully saturated rings. The molecule has 0 saturated carbocycles. The molecule has 0 aliphatic carbocycles. The van der Waals surface area contributed by atoms with Gasteiger partial charge in [-0.25, -0.2) is 8.42 Å². The maximum atomic E-state index is 12.7. The number of hydrogen-bond acceptors (Lipinski definition) is 4. The molecule has 20 heavy (non-hydrogen) atoms. The Labute approximate surface area is 118 Å². The molecule has 2 aromatic rings. The van der Waals surface area contributed by atoms with E-state index in [0.29, 0.717) is 11.1 Å². The van der Waals surface area contributed by atoms with E-state index in [-0.39, 0.29) is 21.3 Å². The predicted molar refractivity (Wildman–Crippen MR) is 75.9 cm³/mol. The van der Waals surface area contributed by atoms with Gasteiger partial charge in [0.25, 0.3) is 0 Å². The minimum Gasteiger partial charge on any atom is -0.507 e. The van der Waals surface area contributed by atoms with E-state index in [0.717, 1.165) is 5.56 Å². The highest BCUT2D eigenvalue weighted by atomic mass is 32.2. The van der Waals surface area contributed by atoms with Crippen molar-refractivity contribution in [2.45, 2.75) is 30.6 Å². The molecule has 0 aromatic heterocycles. The zero-order valence-electron chi connectivity index (χ0n) is 11.5. The van der Waals surface area contributed by atoms with Crippen LogP contribution in [0.25, 0.3) is 0 Å². The Hall–Kier alpha value is -2.01. The molecule has 0 heterocycles. The molecule has 0 aliphatic heterocycles. The predicted octanol–water partition coefficient (Wildman–Crippen LogP) is 2.86. The van der Waals surface area contributed by atoms with Gasteiger partial charge in [-0.2, -0.15) is 0 Å². The van der Waals surface area contributed by atoms with Crippen LogP contribution in [0.3, 0.4) is 0 Å². The van der Waals surface area contributed by atoms with Crippen LogP contribution in [0.1, 0.15) is 16.7 Å². The summed E-state index contributed by atoms with van der Waals surface area (Å²) in [5.74, 6) is -0.616. The minimum atomic E-state index is -3.98.